The van der Waals surface area contributed by atoms with Crippen LogP contribution in [0.4, 0.5) is 0 Å². The van der Waals surface area contributed by atoms with E-state index in [-0.39, 0.29) is 22.0 Å². The first-order chi connectivity index (χ1) is 5.98. The molecule has 0 aromatic heterocycles. The largest absolute Gasteiger partial charge is 0.349 e. The minimum atomic E-state index is -0.292. The molecule has 0 aliphatic rings. The Balaban J connectivity index is 5.05. The van der Waals surface area contributed by atoms with Crippen molar-refractivity contribution in [2.75, 3.05) is 14.1 Å². The van der Waals surface area contributed by atoms with Crippen LogP contribution < -0.4 is 0 Å². The molecule has 0 saturated carbocycles. The molecular weight excluding hydrogens is 194 g/mol. The molecule has 0 spiro atoms. The van der Waals surface area contributed by atoms with E-state index in [4.69, 9.17) is 0 Å². The van der Waals surface area contributed by atoms with Gasteiger partial charge in [-0.25, -0.2) is 0 Å². The molecule has 0 radical (unpaired) electrons. The minimum absolute atomic E-state index is 0.0629. The van der Waals surface area contributed by atoms with Crippen LogP contribution in [0, 0.1) is 11.3 Å². The van der Waals surface area contributed by atoms with Crippen LogP contribution in [0.15, 0.2) is 0 Å². The molecule has 0 N–H and O–H groups in total. The van der Waals surface area contributed by atoms with Crippen molar-refractivity contribution < 1.29 is 4.79 Å². The maximum absolute atomic E-state index is 12.0. The summed E-state index contributed by atoms with van der Waals surface area (Å²) in [5, 5.41) is 0. The van der Waals surface area contributed by atoms with E-state index in [1.54, 1.807) is 19.0 Å². The van der Waals surface area contributed by atoms with Crippen LogP contribution in [0.3, 0.4) is 0 Å². The zero-order valence-corrected chi connectivity index (χ0v) is 11.3. The van der Waals surface area contributed by atoms with Gasteiger partial charge < -0.3 is 4.90 Å². The van der Waals surface area contributed by atoms with Gasteiger partial charge in [-0.15, -0.1) is 0 Å². The van der Waals surface area contributed by atoms with E-state index in [9.17, 15) is 4.79 Å². The monoisotopic (exact) mass is 217 g/mol. The van der Waals surface area contributed by atoms with Crippen LogP contribution in [0.5, 0.6) is 0 Å². The summed E-state index contributed by atoms with van der Waals surface area (Å²) in [4.78, 5) is 13.7. The number of rotatable bonds is 2. The molecule has 0 bridgehead atoms. The predicted octanol–water partition coefficient (Wildman–Crippen LogP) is 2.45. The Hall–Kier alpha value is -0.180. The van der Waals surface area contributed by atoms with Crippen LogP contribution >= 0.6 is 12.6 Å². The lowest BCUT2D eigenvalue weighted by Crippen LogP contribution is -2.46. The average Bonchev–Trinajstić information content (AvgIpc) is 1.79. The van der Waals surface area contributed by atoms with Gasteiger partial charge in [-0.3, -0.25) is 4.79 Å². The summed E-state index contributed by atoms with van der Waals surface area (Å²) < 4.78 is -0.292. The lowest BCUT2D eigenvalue weighted by molar-refractivity contribution is -0.137. The van der Waals surface area contributed by atoms with Gasteiger partial charge in [-0.2, -0.15) is 12.6 Å². The van der Waals surface area contributed by atoms with Gasteiger partial charge >= 0.3 is 0 Å². The van der Waals surface area contributed by atoms with Crippen LogP contribution in [-0.4, -0.2) is 29.6 Å². The second kappa shape index (κ2) is 4.13. The Labute approximate surface area is 93.5 Å². The van der Waals surface area contributed by atoms with Gasteiger partial charge in [0.1, 0.15) is 0 Å². The third-order valence-corrected chi connectivity index (χ3v) is 2.52. The summed E-state index contributed by atoms with van der Waals surface area (Å²) in [5.74, 6) is 0.0748. The van der Waals surface area contributed by atoms with Crippen LogP contribution in [0.1, 0.15) is 34.6 Å². The second-order valence-corrected chi connectivity index (χ2v) is 6.84. The summed E-state index contributed by atoms with van der Waals surface area (Å²) in [6.07, 6.45) is 0. The van der Waals surface area contributed by atoms with E-state index in [2.05, 4.69) is 33.4 Å². The molecule has 0 aliphatic carbocycles. The molecule has 0 aliphatic heterocycles. The topological polar surface area (TPSA) is 20.3 Å². The third kappa shape index (κ3) is 3.52. The molecule has 0 fully saturated rings. The zero-order valence-electron chi connectivity index (χ0n) is 10.4. The normalized spacial score (nSPS) is 15.1. The first-order valence-corrected chi connectivity index (χ1v) is 5.36. The Bertz CT molecular complexity index is 196. The molecule has 1 amide bonds. The van der Waals surface area contributed by atoms with Crippen molar-refractivity contribution in [1.82, 2.24) is 4.90 Å². The van der Waals surface area contributed by atoms with Crippen molar-refractivity contribution in [2.45, 2.75) is 39.4 Å². The standard InChI is InChI=1S/C11H23NOS/c1-10(2,3)8(11(4,5)14)9(13)12(6)7/h8,14H,1-7H3/t8-/m1/s1. The number of amides is 1. The summed E-state index contributed by atoms with van der Waals surface area (Å²) in [6.45, 7) is 10.2. The predicted molar refractivity (Wildman–Crippen MR) is 64.7 cm³/mol. The first-order valence-electron chi connectivity index (χ1n) is 4.91. The fourth-order valence-electron chi connectivity index (χ4n) is 1.99. The Kier molecular flexibility index (Phi) is 4.08. The van der Waals surface area contributed by atoms with Crippen LogP contribution in [-0.2, 0) is 4.79 Å². The van der Waals surface area contributed by atoms with E-state index in [1.807, 2.05) is 13.8 Å². The molecule has 2 nitrogen and oxygen atoms in total. The second-order valence-electron chi connectivity index (χ2n) is 5.69. The highest BCUT2D eigenvalue weighted by atomic mass is 32.1. The lowest BCUT2D eigenvalue weighted by Gasteiger charge is -2.40. The quantitative estimate of drug-likeness (QED) is 0.705. The molecule has 0 saturated heterocycles. The highest BCUT2D eigenvalue weighted by Gasteiger charge is 2.41. The molecular formula is C11H23NOS. The maximum atomic E-state index is 12.0. The SMILES string of the molecule is CN(C)C(=O)[C@H](C(C)(C)C)C(C)(C)S. The molecule has 14 heavy (non-hydrogen) atoms. The van der Waals surface area contributed by atoms with E-state index in [1.165, 1.54) is 0 Å². The molecule has 0 aromatic rings. The van der Waals surface area contributed by atoms with Crippen LogP contribution in [0.2, 0.25) is 0 Å². The van der Waals surface area contributed by atoms with Crippen molar-refractivity contribution in [3.8, 4) is 0 Å². The Morgan fingerprint density at radius 3 is 1.57 bits per heavy atom. The first kappa shape index (κ1) is 13.8. The number of hydrogen-bond acceptors (Lipinski definition) is 2. The van der Waals surface area contributed by atoms with Gasteiger partial charge in [0.05, 0.1) is 5.92 Å². The summed E-state index contributed by atoms with van der Waals surface area (Å²) >= 11 is 4.53. The smallest absolute Gasteiger partial charge is 0.227 e. The summed E-state index contributed by atoms with van der Waals surface area (Å²) in [5.41, 5.74) is -0.0629. The van der Waals surface area contributed by atoms with Crippen molar-refractivity contribution in [1.29, 1.82) is 0 Å². The highest BCUT2D eigenvalue weighted by Crippen LogP contribution is 2.39. The summed E-state index contributed by atoms with van der Waals surface area (Å²) in [7, 11) is 3.58. The van der Waals surface area contributed by atoms with E-state index in [0.29, 0.717) is 0 Å². The molecule has 0 heterocycles. The van der Waals surface area contributed by atoms with E-state index in [0.717, 1.165) is 0 Å². The average molecular weight is 217 g/mol. The Morgan fingerprint density at radius 1 is 1.14 bits per heavy atom. The number of carbonyl (C=O) groups is 1. The molecule has 0 rings (SSSR count). The zero-order chi connectivity index (χ0) is 11.7. The molecule has 0 unspecified atom stereocenters. The van der Waals surface area contributed by atoms with Gasteiger partial charge in [0.2, 0.25) is 5.91 Å². The molecule has 84 valence electrons. The van der Waals surface area contributed by atoms with Crippen molar-refractivity contribution in [3.05, 3.63) is 0 Å². The van der Waals surface area contributed by atoms with Gasteiger partial charge in [0, 0.05) is 18.8 Å². The maximum Gasteiger partial charge on any atom is 0.227 e. The fourth-order valence-corrected chi connectivity index (χ4v) is 2.49. The minimum Gasteiger partial charge on any atom is -0.349 e. The van der Waals surface area contributed by atoms with E-state index >= 15 is 0 Å². The summed E-state index contributed by atoms with van der Waals surface area (Å²) in [6, 6.07) is 0. The number of thiol groups is 1. The lowest BCUT2D eigenvalue weighted by atomic mass is 9.73. The van der Waals surface area contributed by atoms with Gasteiger partial charge in [0.25, 0.3) is 0 Å². The number of hydrogen-bond donors (Lipinski definition) is 1. The number of carbonyl (C=O) groups excluding carboxylic acids is 1. The van der Waals surface area contributed by atoms with Gasteiger partial charge in [-0.05, 0) is 5.41 Å². The fraction of sp³-hybridized carbons (Fsp3) is 0.909. The Morgan fingerprint density at radius 2 is 1.50 bits per heavy atom. The van der Waals surface area contributed by atoms with Gasteiger partial charge in [0.15, 0.2) is 0 Å². The number of nitrogens with zero attached hydrogens (tertiary/aromatic N) is 1. The molecule has 3 heteroatoms. The van der Waals surface area contributed by atoms with Crippen molar-refractivity contribution in [3.63, 3.8) is 0 Å². The van der Waals surface area contributed by atoms with Gasteiger partial charge in [-0.1, -0.05) is 34.6 Å². The van der Waals surface area contributed by atoms with Crippen molar-refractivity contribution >= 4 is 18.5 Å². The highest BCUT2D eigenvalue weighted by molar-refractivity contribution is 7.81. The third-order valence-electron chi connectivity index (χ3n) is 2.26. The van der Waals surface area contributed by atoms with E-state index < -0.39 is 0 Å². The molecule has 1 atom stereocenters. The van der Waals surface area contributed by atoms with Crippen molar-refractivity contribution in [2.24, 2.45) is 11.3 Å². The molecule has 0 aromatic carbocycles. The van der Waals surface area contributed by atoms with Crippen LogP contribution in [0.25, 0.3) is 0 Å².